The van der Waals surface area contributed by atoms with E-state index in [1.807, 2.05) is 12.1 Å². The van der Waals surface area contributed by atoms with Crippen LogP contribution < -0.4 is 0 Å². The zero-order valence-electron chi connectivity index (χ0n) is 12.1. The highest BCUT2D eigenvalue weighted by molar-refractivity contribution is 6.32. The minimum Gasteiger partial charge on any atom is -0.506 e. The van der Waals surface area contributed by atoms with Gasteiger partial charge in [0.1, 0.15) is 5.75 Å². The van der Waals surface area contributed by atoms with Crippen molar-refractivity contribution in [1.82, 2.24) is 4.90 Å². The molecule has 0 unspecified atom stereocenters. The van der Waals surface area contributed by atoms with Crippen molar-refractivity contribution in [3.8, 4) is 5.75 Å². The zero-order chi connectivity index (χ0) is 14.0. The Bertz CT molecular complexity index is 434. The molecule has 0 amide bonds. The van der Waals surface area contributed by atoms with E-state index in [1.54, 1.807) is 6.07 Å². The van der Waals surface area contributed by atoms with Gasteiger partial charge in [0.05, 0.1) is 5.02 Å². The molecule has 1 saturated carbocycles. The van der Waals surface area contributed by atoms with Crippen LogP contribution in [-0.4, -0.2) is 23.1 Å². The van der Waals surface area contributed by atoms with E-state index in [2.05, 4.69) is 25.8 Å². The predicted octanol–water partition coefficient (Wildman–Crippen LogP) is 4.45. The summed E-state index contributed by atoms with van der Waals surface area (Å²) in [6.45, 7) is 5.47. The second-order valence-corrected chi connectivity index (χ2v) is 6.97. The Kier molecular flexibility index (Phi) is 4.42. The summed E-state index contributed by atoms with van der Waals surface area (Å²) >= 11 is 5.95. The quantitative estimate of drug-likeness (QED) is 0.885. The number of nitrogens with zero attached hydrogens (tertiary/aromatic N) is 1. The zero-order valence-corrected chi connectivity index (χ0v) is 12.9. The monoisotopic (exact) mass is 281 g/mol. The molecule has 1 fully saturated rings. The lowest BCUT2D eigenvalue weighted by atomic mass is 9.75. The van der Waals surface area contributed by atoms with Gasteiger partial charge in [-0.1, -0.05) is 37.6 Å². The SMILES string of the molecule is CN(Cc1cccc(Cl)c1O)C1CCC(C)(C)CC1. The molecule has 0 heterocycles. The van der Waals surface area contributed by atoms with Crippen molar-refractivity contribution in [2.24, 2.45) is 5.41 Å². The van der Waals surface area contributed by atoms with E-state index in [4.69, 9.17) is 11.6 Å². The molecule has 0 saturated heterocycles. The molecule has 2 nitrogen and oxygen atoms in total. The highest BCUT2D eigenvalue weighted by Gasteiger charge is 2.28. The Morgan fingerprint density at radius 1 is 1.32 bits per heavy atom. The number of halogens is 1. The molecule has 2 rings (SSSR count). The smallest absolute Gasteiger partial charge is 0.138 e. The number of aromatic hydroxyl groups is 1. The summed E-state index contributed by atoms with van der Waals surface area (Å²) in [4.78, 5) is 2.35. The van der Waals surface area contributed by atoms with Crippen LogP contribution in [0.4, 0.5) is 0 Å². The molecule has 0 spiro atoms. The first kappa shape index (κ1) is 14.7. The molecule has 1 aromatic carbocycles. The maximum absolute atomic E-state index is 9.97. The third-order valence-electron chi connectivity index (χ3n) is 4.42. The van der Waals surface area contributed by atoms with Gasteiger partial charge < -0.3 is 5.11 Å². The number of hydrogen-bond donors (Lipinski definition) is 1. The van der Waals surface area contributed by atoms with E-state index in [9.17, 15) is 5.11 Å². The highest BCUT2D eigenvalue weighted by Crippen LogP contribution is 2.37. The first-order chi connectivity index (χ1) is 8.89. The van der Waals surface area contributed by atoms with Gasteiger partial charge in [-0.2, -0.15) is 0 Å². The minimum absolute atomic E-state index is 0.229. The van der Waals surface area contributed by atoms with Crippen LogP contribution in [0.2, 0.25) is 5.02 Å². The van der Waals surface area contributed by atoms with E-state index in [0.29, 0.717) is 16.5 Å². The Labute approximate surface area is 121 Å². The van der Waals surface area contributed by atoms with E-state index < -0.39 is 0 Å². The van der Waals surface area contributed by atoms with Crippen molar-refractivity contribution in [1.29, 1.82) is 0 Å². The Balaban J connectivity index is 1.98. The lowest BCUT2D eigenvalue weighted by molar-refractivity contribution is 0.122. The standard InChI is InChI=1S/C16H24ClNO/c1-16(2)9-7-13(8-10-16)18(3)11-12-5-4-6-14(17)15(12)19/h4-6,13,19H,7-11H2,1-3H3. The van der Waals surface area contributed by atoms with E-state index in [1.165, 1.54) is 25.7 Å². The molecular formula is C16H24ClNO. The molecule has 106 valence electrons. The maximum atomic E-state index is 9.97. The summed E-state index contributed by atoms with van der Waals surface area (Å²) in [7, 11) is 2.14. The van der Waals surface area contributed by atoms with Crippen LogP contribution in [0.1, 0.15) is 45.1 Å². The molecule has 0 atom stereocenters. The number of phenols is 1. The maximum Gasteiger partial charge on any atom is 0.138 e. The van der Waals surface area contributed by atoms with Gasteiger partial charge in [-0.25, -0.2) is 0 Å². The van der Waals surface area contributed by atoms with Crippen LogP contribution in [0, 0.1) is 5.41 Å². The summed E-state index contributed by atoms with van der Waals surface area (Å²) in [5, 5.41) is 10.4. The van der Waals surface area contributed by atoms with Gasteiger partial charge >= 0.3 is 0 Å². The topological polar surface area (TPSA) is 23.5 Å². The van der Waals surface area contributed by atoms with Crippen molar-refractivity contribution in [3.63, 3.8) is 0 Å². The molecule has 0 radical (unpaired) electrons. The largest absolute Gasteiger partial charge is 0.506 e. The van der Waals surface area contributed by atoms with Crippen LogP contribution in [0.5, 0.6) is 5.75 Å². The van der Waals surface area contributed by atoms with Crippen molar-refractivity contribution >= 4 is 11.6 Å². The fourth-order valence-electron chi connectivity index (χ4n) is 2.91. The Hall–Kier alpha value is -0.730. The average Bonchev–Trinajstić information content (AvgIpc) is 2.35. The third kappa shape index (κ3) is 3.64. The lowest BCUT2D eigenvalue weighted by Gasteiger charge is -2.38. The van der Waals surface area contributed by atoms with Crippen LogP contribution in [0.3, 0.4) is 0 Å². The highest BCUT2D eigenvalue weighted by atomic mass is 35.5. The van der Waals surface area contributed by atoms with Gasteiger partial charge in [-0.15, -0.1) is 0 Å². The van der Waals surface area contributed by atoms with Gasteiger partial charge in [0, 0.05) is 18.2 Å². The summed E-state index contributed by atoms with van der Waals surface area (Å²) in [5.41, 5.74) is 1.41. The third-order valence-corrected chi connectivity index (χ3v) is 4.73. The van der Waals surface area contributed by atoms with Crippen molar-refractivity contribution in [2.45, 2.75) is 52.1 Å². The van der Waals surface area contributed by atoms with Gasteiger partial charge in [0.25, 0.3) is 0 Å². The normalized spacial score (nSPS) is 19.8. The number of para-hydroxylation sites is 1. The second kappa shape index (κ2) is 5.72. The Morgan fingerprint density at radius 2 is 1.95 bits per heavy atom. The summed E-state index contributed by atoms with van der Waals surface area (Å²) in [5.74, 6) is 0.229. The summed E-state index contributed by atoms with van der Waals surface area (Å²) in [6, 6.07) is 6.19. The second-order valence-electron chi connectivity index (χ2n) is 6.56. The van der Waals surface area contributed by atoms with Gasteiger partial charge in [0.15, 0.2) is 0 Å². The van der Waals surface area contributed by atoms with Crippen LogP contribution in [0.25, 0.3) is 0 Å². The Morgan fingerprint density at radius 3 is 2.58 bits per heavy atom. The molecule has 0 bridgehead atoms. The molecule has 1 aromatic rings. The molecule has 0 aromatic heterocycles. The summed E-state index contributed by atoms with van der Waals surface area (Å²) < 4.78 is 0. The average molecular weight is 282 g/mol. The lowest BCUT2D eigenvalue weighted by Crippen LogP contribution is -2.36. The van der Waals surface area contributed by atoms with Crippen LogP contribution in [0.15, 0.2) is 18.2 Å². The van der Waals surface area contributed by atoms with Crippen molar-refractivity contribution < 1.29 is 5.11 Å². The van der Waals surface area contributed by atoms with E-state index in [0.717, 1.165) is 12.1 Å². The fraction of sp³-hybridized carbons (Fsp3) is 0.625. The molecular weight excluding hydrogens is 258 g/mol. The van der Waals surface area contributed by atoms with Gasteiger partial charge in [0.2, 0.25) is 0 Å². The summed E-state index contributed by atoms with van der Waals surface area (Å²) in [6.07, 6.45) is 5.04. The molecule has 0 aliphatic heterocycles. The van der Waals surface area contributed by atoms with Crippen LogP contribution >= 0.6 is 11.6 Å². The van der Waals surface area contributed by atoms with E-state index >= 15 is 0 Å². The van der Waals surface area contributed by atoms with Crippen LogP contribution in [-0.2, 0) is 6.54 Å². The number of benzene rings is 1. The molecule has 1 N–H and O–H groups in total. The minimum atomic E-state index is 0.229. The number of rotatable bonds is 3. The first-order valence-corrected chi connectivity index (χ1v) is 7.43. The number of phenolic OH excluding ortho intramolecular Hbond substituents is 1. The molecule has 3 heteroatoms. The molecule has 19 heavy (non-hydrogen) atoms. The van der Waals surface area contributed by atoms with Crippen molar-refractivity contribution in [2.75, 3.05) is 7.05 Å². The predicted molar refractivity (Wildman–Crippen MR) is 80.6 cm³/mol. The number of hydrogen-bond acceptors (Lipinski definition) is 2. The van der Waals surface area contributed by atoms with Crippen molar-refractivity contribution in [3.05, 3.63) is 28.8 Å². The van der Waals surface area contributed by atoms with Gasteiger partial charge in [-0.05, 0) is 44.2 Å². The molecule has 1 aliphatic carbocycles. The van der Waals surface area contributed by atoms with Gasteiger partial charge in [-0.3, -0.25) is 4.90 Å². The van der Waals surface area contributed by atoms with E-state index in [-0.39, 0.29) is 5.75 Å². The first-order valence-electron chi connectivity index (χ1n) is 7.06. The molecule has 1 aliphatic rings. The fourth-order valence-corrected chi connectivity index (χ4v) is 3.10.